The summed E-state index contributed by atoms with van der Waals surface area (Å²) in [5.74, 6) is 0. The van der Waals surface area contributed by atoms with Crippen molar-refractivity contribution < 1.29 is 4.52 Å². The fourth-order valence-electron chi connectivity index (χ4n) is 3.20. The molecule has 0 unspecified atom stereocenters. The predicted octanol–water partition coefficient (Wildman–Crippen LogP) is 2.90. The van der Waals surface area contributed by atoms with E-state index >= 15 is 0 Å². The molecule has 3 aromatic heterocycles. The summed E-state index contributed by atoms with van der Waals surface area (Å²) in [6.45, 7) is 7.25. The van der Waals surface area contributed by atoms with Gasteiger partial charge in [0, 0.05) is 62.1 Å². The van der Waals surface area contributed by atoms with Crippen LogP contribution in [-0.2, 0) is 19.6 Å². The van der Waals surface area contributed by atoms with Crippen molar-refractivity contribution in [2.45, 2.75) is 19.6 Å². The standard InChI is InChI=1S/C18H22N4OS/c1-3-17(22(6-1)15-18-4-2-12-24-18)14-21-9-7-20(8-10-21)13-16-5-11-23-19-16/h1-6,11-12H,7-10,13-15H2. The van der Waals surface area contributed by atoms with Crippen LogP contribution in [-0.4, -0.2) is 45.7 Å². The molecular weight excluding hydrogens is 320 g/mol. The van der Waals surface area contributed by atoms with E-state index in [-0.39, 0.29) is 0 Å². The maximum atomic E-state index is 4.91. The fraction of sp³-hybridized carbons (Fsp3) is 0.389. The van der Waals surface area contributed by atoms with Crippen molar-refractivity contribution in [2.24, 2.45) is 0 Å². The zero-order valence-electron chi connectivity index (χ0n) is 13.7. The predicted molar refractivity (Wildman–Crippen MR) is 94.9 cm³/mol. The SMILES string of the molecule is c1csc(Cn2cccc2CN2CCN(Cc3ccon3)CC2)c1. The van der Waals surface area contributed by atoms with Gasteiger partial charge in [-0.3, -0.25) is 9.80 Å². The van der Waals surface area contributed by atoms with Gasteiger partial charge in [0.1, 0.15) is 6.26 Å². The second-order valence-electron chi connectivity index (χ2n) is 6.25. The van der Waals surface area contributed by atoms with Crippen molar-refractivity contribution in [2.75, 3.05) is 26.2 Å². The third kappa shape index (κ3) is 3.77. The molecule has 24 heavy (non-hydrogen) atoms. The Hall–Kier alpha value is -1.89. The van der Waals surface area contributed by atoms with Crippen LogP contribution >= 0.6 is 11.3 Å². The second kappa shape index (κ2) is 7.34. The zero-order valence-corrected chi connectivity index (χ0v) is 14.5. The smallest absolute Gasteiger partial charge is 0.124 e. The molecule has 0 spiro atoms. The Kier molecular flexibility index (Phi) is 4.78. The molecule has 0 saturated carbocycles. The Morgan fingerprint density at radius 3 is 2.50 bits per heavy atom. The van der Waals surface area contributed by atoms with Crippen LogP contribution in [0.2, 0.25) is 0 Å². The van der Waals surface area contributed by atoms with E-state index in [9.17, 15) is 0 Å². The lowest BCUT2D eigenvalue weighted by Crippen LogP contribution is -2.45. The minimum Gasteiger partial charge on any atom is -0.364 e. The first-order chi connectivity index (χ1) is 11.9. The van der Waals surface area contributed by atoms with Crippen LogP contribution in [0.3, 0.4) is 0 Å². The molecule has 1 aliphatic heterocycles. The van der Waals surface area contributed by atoms with Gasteiger partial charge in [-0.25, -0.2) is 0 Å². The summed E-state index contributed by atoms with van der Waals surface area (Å²) < 4.78 is 7.28. The van der Waals surface area contributed by atoms with Gasteiger partial charge in [-0.2, -0.15) is 0 Å². The minimum atomic E-state index is 0.888. The van der Waals surface area contributed by atoms with Crippen molar-refractivity contribution in [1.82, 2.24) is 19.5 Å². The van der Waals surface area contributed by atoms with Gasteiger partial charge in [0.2, 0.25) is 0 Å². The van der Waals surface area contributed by atoms with E-state index in [1.54, 1.807) is 6.26 Å². The molecule has 0 atom stereocenters. The van der Waals surface area contributed by atoms with E-state index in [4.69, 9.17) is 4.52 Å². The third-order valence-corrected chi connectivity index (χ3v) is 5.42. The lowest BCUT2D eigenvalue weighted by Gasteiger charge is -2.34. The van der Waals surface area contributed by atoms with E-state index in [0.29, 0.717) is 0 Å². The van der Waals surface area contributed by atoms with Crippen LogP contribution in [0, 0.1) is 0 Å². The lowest BCUT2D eigenvalue weighted by molar-refractivity contribution is 0.118. The highest BCUT2D eigenvalue weighted by molar-refractivity contribution is 7.09. The first kappa shape index (κ1) is 15.6. The van der Waals surface area contributed by atoms with Gasteiger partial charge in [-0.05, 0) is 23.6 Å². The van der Waals surface area contributed by atoms with E-state index in [1.165, 1.54) is 10.6 Å². The monoisotopic (exact) mass is 342 g/mol. The van der Waals surface area contributed by atoms with Crippen molar-refractivity contribution in [3.05, 3.63) is 64.4 Å². The maximum absolute atomic E-state index is 4.91. The van der Waals surface area contributed by atoms with Gasteiger partial charge >= 0.3 is 0 Å². The maximum Gasteiger partial charge on any atom is 0.124 e. The number of piperazine rings is 1. The van der Waals surface area contributed by atoms with Crippen LogP contribution in [0.5, 0.6) is 0 Å². The summed E-state index contributed by atoms with van der Waals surface area (Å²) >= 11 is 1.82. The van der Waals surface area contributed by atoms with Crippen molar-refractivity contribution >= 4 is 11.3 Å². The quantitative estimate of drug-likeness (QED) is 0.690. The van der Waals surface area contributed by atoms with Gasteiger partial charge in [0.15, 0.2) is 0 Å². The summed E-state index contributed by atoms with van der Waals surface area (Å²) in [6, 6.07) is 10.7. The van der Waals surface area contributed by atoms with Gasteiger partial charge in [0.05, 0.1) is 12.2 Å². The third-order valence-electron chi connectivity index (χ3n) is 4.56. The molecule has 5 nitrogen and oxygen atoms in total. The molecule has 126 valence electrons. The number of thiophene rings is 1. The Morgan fingerprint density at radius 1 is 0.958 bits per heavy atom. The van der Waals surface area contributed by atoms with E-state index in [1.807, 2.05) is 17.4 Å². The van der Waals surface area contributed by atoms with Crippen molar-refractivity contribution in [3.63, 3.8) is 0 Å². The lowest BCUT2D eigenvalue weighted by atomic mass is 10.2. The van der Waals surface area contributed by atoms with Crippen LogP contribution in [0.1, 0.15) is 16.3 Å². The molecule has 4 rings (SSSR count). The molecule has 0 aromatic carbocycles. The summed E-state index contributed by atoms with van der Waals surface area (Å²) in [5.41, 5.74) is 2.42. The Labute approximate surface area is 146 Å². The molecule has 0 aliphatic carbocycles. The first-order valence-corrected chi connectivity index (χ1v) is 9.25. The van der Waals surface area contributed by atoms with Crippen molar-refractivity contribution in [3.8, 4) is 0 Å². The number of hydrogen-bond donors (Lipinski definition) is 0. The van der Waals surface area contributed by atoms with E-state index < -0.39 is 0 Å². The highest BCUT2D eigenvalue weighted by Gasteiger charge is 2.18. The minimum absolute atomic E-state index is 0.888. The Balaban J connectivity index is 1.30. The molecule has 0 amide bonds. The van der Waals surface area contributed by atoms with Crippen LogP contribution in [0.15, 0.2) is 52.7 Å². The highest BCUT2D eigenvalue weighted by Crippen LogP contribution is 2.15. The summed E-state index contributed by atoms with van der Waals surface area (Å²) in [6.07, 6.45) is 3.84. The molecule has 1 fully saturated rings. The summed E-state index contributed by atoms with van der Waals surface area (Å²) in [4.78, 5) is 6.39. The number of rotatable bonds is 6. The molecule has 0 radical (unpaired) electrons. The number of hydrogen-bond acceptors (Lipinski definition) is 5. The van der Waals surface area contributed by atoms with Gasteiger partial charge in [0.25, 0.3) is 0 Å². The largest absolute Gasteiger partial charge is 0.364 e. The molecule has 0 N–H and O–H groups in total. The first-order valence-electron chi connectivity index (χ1n) is 8.37. The number of aromatic nitrogens is 2. The van der Waals surface area contributed by atoms with Gasteiger partial charge in [-0.15, -0.1) is 11.3 Å². The van der Waals surface area contributed by atoms with Crippen LogP contribution in [0.25, 0.3) is 0 Å². The van der Waals surface area contributed by atoms with Crippen LogP contribution < -0.4 is 0 Å². The van der Waals surface area contributed by atoms with Gasteiger partial charge in [-0.1, -0.05) is 11.2 Å². The summed E-state index contributed by atoms with van der Waals surface area (Å²) in [5, 5.41) is 6.15. The second-order valence-corrected chi connectivity index (χ2v) is 7.28. The molecule has 4 heterocycles. The molecule has 0 bridgehead atoms. The van der Waals surface area contributed by atoms with Crippen molar-refractivity contribution in [1.29, 1.82) is 0 Å². The van der Waals surface area contributed by atoms with E-state index in [0.717, 1.165) is 51.5 Å². The molecule has 3 aromatic rings. The summed E-state index contributed by atoms with van der Waals surface area (Å²) in [7, 11) is 0. The van der Waals surface area contributed by atoms with Crippen LogP contribution in [0.4, 0.5) is 0 Å². The molecular formula is C18H22N4OS. The van der Waals surface area contributed by atoms with Gasteiger partial charge < -0.3 is 9.09 Å². The average Bonchev–Trinajstić information content (AvgIpc) is 3.34. The average molecular weight is 342 g/mol. The van der Waals surface area contributed by atoms with E-state index in [2.05, 4.69) is 55.4 Å². The number of nitrogens with zero attached hydrogens (tertiary/aromatic N) is 4. The fourth-order valence-corrected chi connectivity index (χ4v) is 3.90. The zero-order chi connectivity index (χ0) is 16.2. The highest BCUT2D eigenvalue weighted by atomic mass is 32.1. The Bertz CT molecular complexity index is 727. The molecule has 1 aliphatic rings. The normalized spacial score (nSPS) is 16.7. The topological polar surface area (TPSA) is 37.4 Å². The molecule has 1 saturated heterocycles. The molecule has 6 heteroatoms. The Morgan fingerprint density at radius 2 is 1.79 bits per heavy atom.